The van der Waals surface area contributed by atoms with Crippen LogP contribution in [-0.4, -0.2) is 62.8 Å². The maximum Gasteiger partial charge on any atom is 0.509 e. The summed E-state index contributed by atoms with van der Waals surface area (Å²) in [5.74, 6) is 3.48. The van der Waals surface area contributed by atoms with Gasteiger partial charge in [-0.15, -0.1) is 0 Å². The van der Waals surface area contributed by atoms with Crippen molar-refractivity contribution in [3.63, 3.8) is 0 Å². The van der Waals surface area contributed by atoms with Crippen LogP contribution in [0.2, 0.25) is 0 Å². The molecule has 200 valence electrons. The zero-order valence-electron chi connectivity index (χ0n) is 22.7. The molecule has 3 heterocycles. The van der Waals surface area contributed by atoms with Crippen molar-refractivity contribution in [2.24, 2.45) is 34.0 Å². The van der Waals surface area contributed by atoms with Crippen LogP contribution in [0.25, 0.3) is 0 Å². The molecule has 0 radical (unpaired) electrons. The van der Waals surface area contributed by atoms with E-state index in [1.165, 1.54) is 31.4 Å². The predicted molar refractivity (Wildman–Crippen MR) is 140 cm³/mol. The molecule has 3 saturated heterocycles. The van der Waals surface area contributed by atoms with Crippen LogP contribution in [0, 0.1) is 34.0 Å². The lowest BCUT2D eigenvalue weighted by molar-refractivity contribution is -0.106. The van der Waals surface area contributed by atoms with Gasteiger partial charge in [0.2, 0.25) is 0 Å². The van der Waals surface area contributed by atoms with Gasteiger partial charge in [0.25, 0.3) is 0 Å². The Morgan fingerprint density at radius 2 is 1.77 bits per heavy atom. The molecule has 4 unspecified atom stereocenters. The fraction of sp³-hybridized carbons (Fsp3) is 0.966. The quantitative estimate of drug-likeness (QED) is 0.481. The van der Waals surface area contributed by atoms with E-state index in [4.69, 9.17) is 9.47 Å². The third kappa shape index (κ3) is 3.00. The molecular formula is C29H48O5S. The number of rotatable bonds is 4. The number of hydrogen-bond acceptors (Lipinski definition) is 5. The predicted octanol–water partition coefficient (Wildman–Crippen LogP) is 5.64. The van der Waals surface area contributed by atoms with E-state index < -0.39 is 21.8 Å². The van der Waals surface area contributed by atoms with Gasteiger partial charge in [-0.25, -0.2) is 14.8 Å². The molecule has 11 atom stereocenters. The van der Waals surface area contributed by atoms with Crippen molar-refractivity contribution in [2.75, 3.05) is 12.0 Å². The molecule has 35 heavy (non-hydrogen) atoms. The van der Waals surface area contributed by atoms with Gasteiger partial charge < -0.3 is 19.7 Å². The number of carbonyl (C=O) groups excluding carboxylic acids is 1. The third-order valence-corrected chi connectivity index (χ3v) is 17.9. The number of carbonyl (C=O) groups is 1. The van der Waals surface area contributed by atoms with E-state index in [1.807, 2.05) is 13.8 Å². The lowest BCUT2D eigenvalue weighted by Crippen LogP contribution is -2.54. The molecule has 0 bridgehead atoms. The number of hydrogen-bond donors (Lipinski definition) is 2. The average Bonchev–Trinajstić information content (AvgIpc) is 3.01. The Kier molecular flexibility index (Phi) is 5.37. The van der Waals surface area contributed by atoms with Gasteiger partial charge in [0.1, 0.15) is 11.7 Å². The molecule has 6 heteroatoms. The Morgan fingerprint density at radius 1 is 1.03 bits per heavy atom. The molecule has 0 amide bonds. The Balaban J connectivity index is 1.20. The normalized spacial score (nSPS) is 57.0. The highest BCUT2D eigenvalue weighted by atomic mass is 32.3. The van der Waals surface area contributed by atoms with E-state index in [-0.39, 0.29) is 23.7 Å². The van der Waals surface area contributed by atoms with Gasteiger partial charge >= 0.3 is 6.16 Å². The van der Waals surface area contributed by atoms with Crippen LogP contribution in [-0.2, 0) is 9.47 Å². The van der Waals surface area contributed by atoms with Gasteiger partial charge in [-0.2, -0.15) is 0 Å². The average molecular weight is 509 g/mol. The monoisotopic (exact) mass is 508 g/mol. The molecule has 2 spiro atoms. The molecule has 3 aliphatic carbocycles. The first-order valence-electron chi connectivity index (χ1n) is 14.3. The zero-order valence-corrected chi connectivity index (χ0v) is 23.5. The van der Waals surface area contributed by atoms with Crippen molar-refractivity contribution in [3.05, 3.63) is 0 Å². The Morgan fingerprint density at radius 3 is 2.46 bits per heavy atom. The number of ether oxygens (including phenoxy) is 2. The van der Waals surface area contributed by atoms with E-state index >= 15 is 0 Å². The topological polar surface area (TPSA) is 76.0 Å². The summed E-state index contributed by atoms with van der Waals surface area (Å²) < 4.78 is 10.8. The summed E-state index contributed by atoms with van der Waals surface area (Å²) in [6, 6.07) is 0. The summed E-state index contributed by atoms with van der Waals surface area (Å²) in [6.07, 6.45) is 11.4. The Hall–Kier alpha value is -0.460. The van der Waals surface area contributed by atoms with Gasteiger partial charge in [-0.1, -0.05) is 20.8 Å². The van der Waals surface area contributed by atoms with E-state index in [0.29, 0.717) is 27.2 Å². The number of aliphatic hydroxyl groups is 2. The van der Waals surface area contributed by atoms with Crippen molar-refractivity contribution < 1.29 is 24.5 Å². The largest absolute Gasteiger partial charge is 0.509 e. The summed E-state index contributed by atoms with van der Waals surface area (Å²) in [5.41, 5.74) is 0.352. The van der Waals surface area contributed by atoms with Crippen LogP contribution in [0.15, 0.2) is 0 Å². The second kappa shape index (κ2) is 7.56. The van der Waals surface area contributed by atoms with Crippen LogP contribution in [0.5, 0.6) is 0 Å². The maximum atomic E-state index is 11.6. The van der Waals surface area contributed by atoms with Crippen LogP contribution in [0.4, 0.5) is 4.79 Å². The van der Waals surface area contributed by atoms with Crippen LogP contribution >= 0.6 is 10.0 Å². The fourth-order valence-electron chi connectivity index (χ4n) is 11.2. The summed E-state index contributed by atoms with van der Waals surface area (Å²) in [4.78, 5) is 11.6. The van der Waals surface area contributed by atoms with Gasteiger partial charge in [0.05, 0.1) is 12.2 Å². The molecule has 6 fully saturated rings. The molecule has 2 N–H and O–H groups in total. The second-order valence-corrected chi connectivity index (χ2v) is 18.5. The van der Waals surface area contributed by atoms with Crippen molar-refractivity contribution in [1.29, 1.82) is 0 Å². The lowest BCUT2D eigenvalue weighted by atomic mass is 9.51. The van der Waals surface area contributed by atoms with Gasteiger partial charge in [0.15, 0.2) is 0 Å². The summed E-state index contributed by atoms with van der Waals surface area (Å²) in [6.45, 7) is 11.1. The molecule has 5 nitrogen and oxygen atoms in total. The van der Waals surface area contributed by atoms with Crippen LogP contribution in [0.1, 0.15) is 92.4 Å². The van der Waals surface area contributed by atoms with Gasteiger partial charge in [-0.3, -0.25) is 0 Å². The highest BCUT2D eigenvalue weighted by Gasteiger charge is 2.84. The summed E-state index contributed by atoms with van der Waals surface area (Å²) in [5, 5.41) is 23.4. The van der Waals surface area contributed by atoms with Crippen molar-refractivity contribution in [2.45, 2.75) is 127 Å². The molecule has 0 aromatic carbocycles. The zero-order chi connectivity index (χ0) is 25.2. The first-order valence-corrected chi connectivity index (χ1v) is 16.7. The molecule has 6 rings (SSSR count). The Bertz CT molecular complexity index is 904. The van der Waals surface area contributed by atoms with Crippen molar-refractivity contribution in [1.82, 2.24) is 0 Å². The molecular weight excluding hydrogens is 460 g/mol. The molecule has 6 aliphatic rings. The standard InChI is InChI=1S/C29H48O5S/c1-17-28-14-15-35(6)20(8-7-9-24-27(4,5)34-25(32)33-24)19(30)16-21(35)18(28)10-11-22-26(2,3)23(31)12-13-29(17,22)28/h17-24,30-31H,7-16H2,1-6H3/t17-,18-,19+,20-,21?,22?,23-,24-,28-,29?/m0/s1. The molecule has 3 saturated carbocycles. The second-order valence-electron chi connectivity index (χ2n) is 14.5. The SMILES string of the molecule is C[C@@H]1C23CC[C@H](O)C(C)(C)C2CC[C@H]2C4C[C@@H](O)[C@H](CCC[C@@H]5OC(=O)OC5(C)C)S4(C)CC[C@]123. The highest BCUT2D eigenvalue weighted by molar-refractivity contribution is 8.34. The third-order valence-electron chi connectivity index (χ3n) is 13.0. The van der Waals surface area contributed by atoms with Gasteiger partial charge in [0, 0.05) is 5.25 Å². The molecule has 0 aromatic rings. The first kappa shape index (κ1) is 24.9. The Labute approximate surface area is 213 Å². The van der Waals surface area contributed by atoms with E-state index in [9.17, 15) is 15.0 Å². The minimum absolute atomic E-state index is 0.0213. The smallest absolute Gasteiger partial charge is 0.427 e. The first-order chi connectivity index (χ1) is 16.3. The molecule has 3 aliphatic heterocycles. The maximum absolute atomic E-state index is 11.6. The van der Waals surface area contributed by atoms with E-state index in [1.54, 1.807) is 0 Å². The number of aliphatic hydroxyl groups excluding tert-OH is 2. The fourth-order valence-corrected chi connectivity index (χ4v) is 16.3. The van der Waals surface area contributed by atoms with E-state index in [0.717, 1.165) is 43.9 Å². The van der Waals surface area contributed by atoms with Crippen LogP contribution in [0.3, 0.4) is 0 Å². The van der Waals surface area contributed by atoms with Gasteiger partial charge in [-0.05, 0) is 123 Å². The minimum atomic E-state index is -0.895. The van der Waals surface area contributed by atoms with Crippen LogP contribution < -0.4 is 0 Å². The van der Waals surface area contributed by atoms with Crippen molar-refractivity contribution >= 4 is 16.2 Å². The lowest BCUT2D eigenvalue weighted by Gasteiger charge is -2.60. The number of fused-ring (bicyclic) bond motifs is 2. The highest BCUT2D eigenvalue weighted by Crippen LogP contribution is 2.90. The number of cyclic esters (lactones) is 2. The minimum Gasteiger partial charge on any atom is -0.427 e. The van der Waals surface area contributed by atoms with Crippen molar-refractivity contribution in [3.8, 4) is 0 Å². The summed E-state index contributed by atoms with van der Waals surface area (Å²) >= 11 is 0. The molecule has 0 aromatic heterocycles. The van der Waals surface area contributed by atoms with E-state index in [2.05, 4.69) is 27.0 Å². The summed E-state index contributed by atoms with van der Waals surface area (Å²) in [7, 11) is -0.895.